The summed E-state index contributed by atoms with van der Waals surface area (Å²) < 4.78 is 0. The lowest BCUT2D eigenvalue weighted by atomic mass is 10.1. The zero-order valence-corrected chi connectivity index (χ0v) is 10.8. The summed E-state index contributed by atoms with van der Waals surface area (Å²) in [6, 6.07) is 0.611. The Bertz CT molecular complexity index is 184. The molecule has 0 aromatic heterocycles. The van der Waals surface area contributed by atoms with E-state index in [2.05, 4.69) is 24.5 Å². The first-order valence-corrected chi connectivity index (χ1v) is 6.63. The zero-order chi connectivity index (χ0) is 11.1. The molecule has 1 aliphatic carbocycles. The Morgan fingerprint density at radius 1 is 1.20 bits per heavy atom. The number of hydrogen-bond donors (Lipinski definition) is 2. The standard InChI is InChI=1S/C12H24N2S/c1-10(2)9-13-12(15)14-11-7-5-3-4-6-8-11/h10-11H,3-9H2,1-2H3,(H2,13,14,15). The van der Waals surface area contributed by atoms with E-state index in [0.717, 1.165) is 11.7 Å². The van der Waals surface area contributed by atoms with Gasteiger partial charge in [-0.1, -0.05) is 39.5 Å². The van der Waals surface area contributed by atoms with Gasteiger partial charge in [0.05, 0.1) is 0 Å². The Kier molecular flexibility index (Phi) is 5.99. The van der Waals surface area contributed by atoms with Crippen LogP contribution in [0.15, 0.2) is 0 Å². The molecule has 2 N–H and O–H groups in total. The molecule has 0 saturated heterocycles. The minimum Gasteiger partial charge on any atom is -0.362 e. The zero-order valence-electron chi connectivity index (χ0n) is 10.0. The molecular weight excluding hydrogens is 204 g/mol. The van der Waals surface area contributed by atoms with Crippen molar-refractivity contribution in [1.82, 2.24) is 10.6 Å². The van der Waals surface area contributed by atoms with Crippen molar-refractivity contribution in [3.05, 3.63) is 0 Å². The Hall–Kier alpha value is -0.310. The van der Waals surface area contributed by atoms with Crippen molar-refractivity contribution in [2.45, 2.75) is 58.4 Å². The Morgan fingerprint density at radius 2 is 1.80 bits per heavy atom. The van der Waals surface area contributed by atoms with Gasteiger partial charge in [-0.15, -0.1) is 0 Å². The highest BCUT2D eigenvalue weighted by Crippen LogP contribution is 2.16. The van der Waals surface area contributed by atoms with Crippen LogP contribution in [0.25, 0.3) is 0 Å². The number of rotatable bonds is 3. The Labute approximate surface area is 99.2 Å². The lowest BCUT2D eigenvalue weighted by Crippen LogP contribution is -2.42. The first-order valence-electron chi connectivity index (χ1n) is 6.23. The summed E-state index contributed by atoms with van der Waals surface area (Å²) in [7, 11) is 0. The second-order valence-electron chi connectivity index (χ2n) is 4.94. The van der Waals surface area contributed by atoms with Crippen LogP contribution in [-0.2, 0) is 0 Å². The highest BCUT2D eigenvalue weighted by molar-refractivity contribution is 7.80. The van der Waals surface area contributed by atoms with Crippen molar-refractivity contribution >= 4 is 17.3 Å². The molecule has 1 aliphatic rings. The van der Waals surface area contributed by atoms with Gasteiger partial charge in [0, 0.05) is 12.6 Å². The molecule has 0 bridgehead atoms. The highest BCUT2D eigenvalue weighted by Gasteiger charge is 2.12. The highest BCUT2D eigenvalue weighted by atomic mass is 32.1. The SMILES string of the molecule is CC(C)CNC(=S)NC1CCCCCC1. The van der Waals surface area contributed by atoms with Crippen molar-refractivity contribution in [1.29, 1.82) is 0 Å². The van der Waals surface area contributed by atoms with Gasteiger partial charge < -0.3 is 10.6 Å². The van der Waals surface area contributed by atoms with Crippen molar-refractivity contribution < 1.29 is 0 Å². The van der Waals surface area contributed by atoms with Crippen molar-refractivity contribution in [2.24, 2.45) is 5.92 Å². The van der Waals surface area contributed by atoms with E-state index in [0.29, 0.717) is 12.0 Å². The molecule has 0 aliphatic heterocycles. The summed E-state index contributed by atoms with van der Waals surface area (Å²) >= 11 is 5.28. The van der Waals surface area contributed by atoms with Crippen molar-refractivity contribution in [3.63, 3.8) is 0 Å². The monoisotopic (exact) mass is 228 g/mol. The molecule has 0 aromatic carbocycles. The predicted molar refractivity (Wildman–Crippen MR) is 70.1 cm³/mol. The lowest BCUT2D eigenvalue weighted by Gasteiger charge is -2.19. The minimum absolute atomic E-state index is 0.611. The topological polar surface area (TPSA) is 24.1 Å². The normalized spacial score (nSPS) is 18.6. The number of hydrogen-bond acceptors (Lipinski definition) is 1. The molecule has 15 heavy (non-hydrogen) atoms. The molecular formula is C12H24N2S. The fraction of sp³-hybridized carbons (Fsp3) is 0.917. The van der Waals surface area contributed by atoms with Gasteiger partial charge in [-0.3, -0.25) is 0 Å². The number of thiocarbonyl (C=S) groups is 1. The minimum atomic E-state index is 0.611. The van der Waals surface area contributed by atoms with E-state index in [1.54, 1.807) is 0 Å². The van der Waals surface area contributed by atoms with Crippen LogP contribution in [-0.4, -0.2) is 17.7 Å². The third-order valence-electron chi connectivity index (χ3n) is 2.86. The molecule has 1 fully saturated rings. The summed E-state index contributed by atoms with van der Waals surface area (Å²) in [4.78, 5) is 0. The summed E-state index contributed by atoms with van der Waals surface area (Å²) in [6.07, 6.45) is 8.05. The van der Waals surface area contributed by atoms with Gasteiger partial charge in [0.1, 0.15) is 0 Å². The third kappa shape index (κ3) is 5.98. The van der Waals surface area contributed by atoms with Crippen LogP contribution in [0.1, 0.15) is 52.4 Å². The predicted octanol–water partition coefficient (Wildman–Crippen LogP) is 2.83. The van der Waals surface area contributed by atoms with Crippen LogP contribution in [0.3, 0.4) is 0 Å². The van der Waals surface area contributed by atoms with Crippen molar-refractivity contribution in [3.8, 4) is 0 Å². The van der Waals surface area contributed by atoms with Gasteiger partial charge in [-0.25, -0.2) is 0 Å². The molecule has 0 atom stereocenters. The van der Waals surface area contributed by atoms with E-state index in [4.69, 9.17) is 12.2 Å². The van der Waals surface area contributed by atoms with E-state index in [-0.39, 0.29) is 0 Å². The summed E-state index contributed by atoms with van der Waals surface area (Å²) in [5.74, 6) is 0.652. The van der Waals surface area contributed by atoms with Gasteiger partial charge >= 0.3 is 0 Å². The van der Waals surface area contributed by atoms with Gasteiger partial charge in [0.2, 0.25) is 0 Å². The largest absolute Gasteiger partial charge is 0.362 e. The lowest BCUT2D eigenvalue weighted by molar-refractivity contribution is 0.523. The van der Waals surface area contributed by atoms with E-state index < -0.39 is 0 Å². The molecule has 2 nitrogen and oxygen atoms in total. The quantitative estimate of drug-likeness (QED) is 0.574. The average Bonchev–Trinajstić information content (AvgIpc) is 2.43. The molecule has 0 radical (unpaired) electrons. The fourth-order valence-corrected chi connectivity index (χ4v) is 2.21. The summed E-state index contributed by atoms with van der Waals surface area (Å²) in [5.41, 5.74) is 0. The van der Waals surface area contributed by atoms with Gasteiger partial charge in [0.25, 0.3) is 0 Å². The Morgan fingerprint density at radius 3 is 2.33 bits per heavy atom. The molecule has 0 amide bonds. The first-order chi connectivity index (χ1) is 7.18. The molecule has 1 rings (SSSR count). The van der Waals surface area contributed by atoms with Crippen LogP contribution in [0, 0.1) is 5.92 Å². The summed E-state index contributed by atoms with van der Waals surface area (Å²) in [5, 5.41) is 7.55. The van der Waals surface area contributed by atoms with Crippen LogP contribution >= 0.6 is 12.2 Å². The first kappa shape index (κ1) is 12.8. The molecule has 3 heteroatoms. The van der Waals surface area contributed by atoms with Crippen LogP contribution in [0.5, 0.6) is 0 Å². The summed E-state index contributed by atoms with van der Waals surface area (Å²) in [6.45, 7) is 5.36. The maximum absolute atomic E-state index is 5.28. The second kappa shape index (κ2) is 7.04. The van der Waals surface area contributed by atoms with Crippen molar-refractivity contribution in [2.75, 3.05) is 6.54 Å². The Balaban J connectivity index is 2.17. The van der Waals surface area contributed by atoms with E-state index in [9.17, 15) is 0 Å². The second-order valence-corrected chi connectivity index (χ2v) is 5.34. The molecule has 0 spiro atoms. The maximum atomic E-state index is 5.28. The molecule has 0 aromatic rings. The van der Waals surface area contributed by atoms with Crippen LogP contribution < -0.4 is 10.6 Å². The van der Waals surface area contributed by atoms with Crippen LogP contribution in [0.4, 0.5) is 0 Å². The van der Waals surface area contributed by atoms with Gasteiger partial charge in [0.15, 0.2) is 5.11 Å². The molecule has 1 saturated carbocycles. The van der Waals surface area contributed by atoms with Gasteiger partial charge in [-0.05, 0) is 31.0 Å². The smallest absolute Gasteiger partial charge is 0.166 e. The van der Waals surface area contributed by atoms with Gasteiger partial charge in [-0.2, -0.15) is 0 Å². The average molecular weight is 228 g/mol. The molecule has 0 unspecified atom stereocenters. The molecule has 0 heterocycles. The van der Waals surface area contributed by atoms with E-state index >= 15 is 0 Å². The van der Waals surface area contributed by atoms with Crippen LogP contribution in [0.2, 0.25) is 0 Å². The molecule has 88 valence electrons. The fourth-order valence-electron chi connectivity index (χ4n) is 1.96. The third-order valence-corrected chi connectivity index (χ3v) is 3.12. The number of nitrogens with one attached hydrogen (secondary N) is 2. The maximum Gasteiger partial charge on any atom is 0.166 e. The van der Waals surface area contributed by atoms with E-state index in [1.807, 2.05) is 0 Å². The van der Waals surface area contributed by atoms with E-state index in [1.165, 1.54) is 38.5 Å².